The molecule has 6 heteroatoms. The van der Waals surface area contributed by atoms with Gasteiger partial charge in [-0.3, -0.25) is 0 Å². The quantitative estimate of drug-likeness (QED) is 0.478. The largest absolute Gasteiger partial charge is 0.507 e. The SMILES string of the molecule is NC(=O)NCc1cc(CO)c(O)c(CO)c1. The second-order valence-corrected chi connectivity index (χ2v) is 3.30. The first-order valence-electron chi connectivity index (χ1n) is 4.67. The number of aliphatic hydroxyl groups is 2. The van der Waals surface area contributed by atoms with E-state index in [0.717, 1.165) is 0 Å². The lowest BCUT2D eigenvalue weighted by Gasteiger charge is -2.10. The minimum Gasteiger partial charge on any atom is -0.507 e. The van der Waals surface area contributed by atoms with E-state index in [1.54, 1.807) is 0 Å². The molecule has 0 bridgehead atoms. The first-order chi connectivity index (χ1) is 7.58. The molecule has 88 valence electrons. The molecule has 0 unspecified atom stereocenters. The number of aromatic hydroxyl groups is 1. The highest BCUT2D eigenvalue weighted by atomic mass is 16.3. The second-order valence-electron chi connectivity index (χ2n) is 3.30. The van der Waals surface area contributed by atoms with Gasteiger partial charge in [-0.25, -0.2) is 4.79 Å². The lowest BCUT2D eigenvalue weighted by molar-refractivity contribution is 0.248. The van der Waals surface area contributed by atoms with Crippen LogP contribution in [0.5, 0.6) is 5.75 Å². The smallest absolute Gasteiger partial charge is 0.312 e. The van der Waals surface area contributed by atoms with E-state index < -0.39 is 6.03 Å². The van der Waals surface area contributed by atoms with Crippen molar-refractivity contribution >= 4 is 6.03 Å². The first-order valence-corrected chi connectivity index (χ1v) is 4.67. The van der Waals surface area contributed by atoms with E-state index in [9.17, 15) is 9.90 Å². The molecule has 1 aromatic carbocycles. The zero-order valence-corrected chi connectivity index (χ0v) is 8.60. The number of nitrogens with two attached hydrogens (primary N) is 1. The van der Waals surface area contributed by atoms with Gasteiger partial charge < -0.3 is 26.4 Å². The van der Waals surface area contributed by atoms with Crippen LogP contribution in [0.1, 0.15) is 16.7 Å². The highest BCUT2D eigenvalue weighted by Gasteiger charge is 2.08. The topological polar surface area (TPSA) is 116 Å². The standard InChI is InChI=1S/C10H14N2O4/c11-10(16)12-3-6-1-7(4-13)9(15)8(2-6)5-14/h1-2,13-15H,3-5H2,(H3,11,12,16). The van der Waals surface area contributed by atoms with E-state index in [4.69, 9.17) is 15.9 Å². The Bertz CT molecular complexity index is 367. The fourth-order valence-corrected chi connectivity index (χ4v) is 1.36. The number of benzene rings is 1. The molecular formula is C10H14N2O4. The maximum atomic E-state index is 10.5. The van der Waals surface area contributed by atoms with Crippen molar-refractivity contribution in [3.05, 3.63) is 28.8 Å². The van der Waals surface area contributed by atoms with Gasteiger partial charge in [0.05, 0.1) is 13.2 Å². The van der Waals surface area contributed by atoms with E-state index in [1.165, 1.54) is 12.1 Å². The van der Waals surface area contributed by atoms with Crippen LogP contribution >= 0.6 is 0 Å². The Hall–Kier alpha value is -1.79. The zero-order valence-electron chi connectivity index (χ0n) is 8.60. The molecule has 0 fully saturated rings. The summed E-state index contributed by atoms with van der Waals surface area (Å²) in [5.41, 5.74) is 6.15. The van der Waals surface area contributed by atoms with Crippen molar-refractivity contribution in [2.24, 2.45) is 5.73 Å². The maximum Gasteiger partial charge on any atom is 0.312 e. The van der Waals surface area contributed by atoms with Crippen LogP contribution in [0.3, 0.4) is 0 Å². The van der Waals surface area contributed by atoms with Crippen molar-refractivity contribution in [2.45, 2.75) is 19.8 Å². The van der Waals surface area contributed by atoms with Gasteiger partial charge in [0.25, 0.3) is 0 Å². The fraction of sp³-hybridized carbons (Fsp3) is 0.300. The summed E-state index contributed by atoms with van der Waals surface area (Å²) in [5.74, 6) is -0.132. The molecule has 0 saturated carbocycles. The van der Waals surface area contributed by atoms with Gasteiger partial charge in [-0.1, -0.05) is 0 Å². The normalized spacial score (nSPS) is 10.1. The summed E-state index contributed by atoms with van der Waals surface area (Å²) < 4.78 is 0. The summed E-state index contributed by atoms with van der Waals surface area (Å²) in [4.78, 5) is 10.5. The van der Waals surface area contributed by atoms with Crippen molar-refractivity contribution in [1.29, 1.82) is 0 Å². The van der Waals surface area contributed by atoms with Crippen LogP contribution in [-0.4, -0.2) is 21.4 Å². The highest BCUT2D eigenvalue weighted by molar-refractivity contribution is 5.71. The lowest BCUT2D eigenvalue weighted by Crippen LogP contribution is -2.28. The molecular weight excluding hydrogens is 212 g/mol. The molecule has 6 N–H and O–H groups in total. The third-order valence-electron chi connectivity index (χ3n) is 2.14. The van der Waals surface area contributed by atoms with E-state index in [0.29, 0.717) is 16.7 Å². The number of aliphatic hydroxyl groups excluding tert-OH is 2. The summed E-state index contributed by atoms with van der Waals surface area (Å²) in [6.45, 7) is -0.512. The van der Waals surface area contributed by atoms with Crippen molar-refractivity contribution in [3.8, 4) is 5.75 Å². The molecule has 0 aliphatic rings. The molecule has 16 heavy (non-hydrogen) atoms. The fourth-order valence-electron chi connectivity index (χ4n) is 1.36. The molecule has 0 atom stereocenters. The van der Waals surface area contributed by atoms with E-state index in [-0.39, 0.29) is 25.5 Å². The molecule has 0 aromatic heterocycles. The van der Waals surface area contributed by atoms with Crippen LogP contribution in [0.2, 0.25) is 0 Å². The summed E-state index contributed by atoms with van der Waals surface area (Å²) in [6, 6.07) is 2.40. The summed E-state index contributed by atoms with van der Waals surface area (Å²) >= 11 is 0. The molecule has 0 heterocycles. The van der Waals surface area contributed by atoms with Gasteiger partial charge in [0.15, 0.2) is 0 Å². The number of primary amides is 1. The minimum absolute atomic E-state index is 0.132. The number of rotatable bonds is 4. The van der Waals surface area contributed by atoms with Crippen molar-refractivity contribution < 1.29 is 20.1 Å². The van der Waals surface area contributed by atoms with Gasteiger partial charge >= 0.3 is 6.03 Å². The highest BCUT2D eigenvalue weighted by Crippen LogP contribution is 2.24. The Balaban J connectivity index is 2.97. The molecule has 0 saturated heterocycles. The Morgan fingerprint density at radius 1 is 1.25 bits per heavy atom. The van der Waals surface area contributed by atoms with Crippen LogP contribution in [0, 0.1) is 0 Å². The van der Waals surface area contributed by atoms with Gasteiger partial charge in [-0.05, 0) is 17.7 Å². The van der Waals surface area contributed by atoms with Crippen molar-refractivity contribution in [2.75, 3.05) is 0 Å². The Morgan fingerprint density at radius 3 is 2.12 bits per heavy atom. The van der Waals surface area contributed by atoms with Crippen LogP contribution < -0.4 is 11.1 Å². The summed E-state index contributed by atoms with van der Waals surface area (Å²) in [7, 11) is 0. The third-order valence-corrected chi connectivity index (χ3v) is 2.14. The van der Waals surface area contributed by atoms with Gasteiger partial charge in [0.2, 0.25) is 0 Å². The average Bonchev–Trinajstić information content (AvgIpc) is 2.27. The van der Waals surface area contributed by atoms with E-state index in [1.807, 2.05) is 0 Å². The molecule has 1 rings (SSSR count). The lowest BCUT2D eigenvalue weighted by atomic mass is 10.0. The van der Waals surface area contributed by atoms with Crippen LogP contribution in [-0.2, 0) is 19.8 Å². The first kappa shape index (κ1) is 12.3. The number of nitrogens with one attached hydrogen (secondary N) is 1. The van der Waals surface area contributed by atoms with E-state index in [2.05, 4.69) is 5.32 Å². The number of urea groups is 1. The number of hydrogen-bond acceptors (Lipinski definition) is 4. The molecule has 0 aliphatic heterocycles. The number of hydrogen-bond donors (Lipinski definition) is 5. The number of carbonyl (C=O) groups excluding carboxylic acids is 1. The monoisotopic (exact) mass is 226 g/mol. The number of amides is 2. The van der Waals surface area contributed by atoms with Crippen LogP contribution in [0.4, 0.5) is 4.79 Å². The van der Waals surface area contributed by atoms with Crippen LogP contribution in [0.25, 0.3) is 0 Å². The molecule has 6 nitrogen and oxygen atoms in total. The Kier molecular flexibility index (Phi) is 4.10. The molecule has 0 aliphatic carbocycles. The molecule has 0 radical (unpaired) electrons. The second kappa shape index (κ2) is 5.34. The predicted octanol–water partition coefficient (Wildman–Crippen LogP) is -0.455. The molecule has 0 spiro atoms. The van der Waals surface area contributed by atoms with Gasteiger partial charge in [0.1, 0.15) is 5.75 Å². The average molecular weight is 226 g/mol. The summed E-state index contributed by atoms with van der Waals surface area (Å²) in [6.07, 6.45) is 0. The van der Waals surface area contributed by atoms with Crippen LogP contribution in [0.15, 0.2) is 12.1 Å². The predicted molar refractivity (Wildman–Crippen MR) is 56.4 cm³/mol. The Morgan fingerprint density at radius 2 is 1.75 bits per heavy atom. The van der Waals surface area contributed by atoms with Crippen molar-refractivity contribution in [1.82, 2.24) is 5.32 Å². The number of carbonyl (C=O) groups is 1. The zero-order chi connectivity index (χ0) is 12.1. The van der Waals surface area contributed by atoms with Crippen molar-refractivity contribution in [3.63, 3.8) is 0 Å². The van der Waals surface area contributed by atoms with Gasteiger partial charge in [0, 0.05) is 17.7 Å². The van der Waals surface area contributed by atoms with Gasteiger partial charge in [-0.2, -0.15) is 0 Å². The molecule has 1 aromatic rings. The molecule has 2 amide bonds. The number of phenols is 1. The summed E-state index contributed by atoms with van der Waals surface area (Å²) in [5, 5.41) is 29.9. The minimum atomic E-state index is -0.663. The maximum absolute atomic E-state index is 10.5. The third kappa shape index (κ3) is 2.85. The van der Waals surface area contributed by atoms with E-state index >= 15 is 0 Å². The van der Waals surface area contributed by atoms with Gasteiger partial charge in [-0.15, -0.1) is 0 Å². The Labute approximate surface area is 92.3 Å².